The Kier molecular flexibility index (Phi) is 5.27. The van der Waals surface area contributed by atoms with E-state index >= 15 is 0 Å². The molecule has 2 aromatic rings. The van der Waals surface area contributed by atoms with Crippen LogP contribution in [-0.2, 0) is 11.8 Å². The van der Waals surface area contributed by atoms with E-state index in [4.69, 9.17) is 4.74 Å². The summed E-state index contributed by atoms with van der Waals surface area (Å²) in [5.41, 5.74) is 1.19. The summed E-state index contributed by atoms with van der Waals surface area (Å²) < 4.78 is 7.36. The third-order valence-electron chi connectivity index (χ3n) is 4.51. The molecule has 0 bridgehead atoms. The van der Waals surface area contributed by atoms with Crippen LogP contribution in [0.2, 0.25) is 0 Å². The van der Waals surface area contributed by atoms with E-state index in [1.54, 1.807) is 19.4 Å². The molecule has 1 aliphatic heterocycles. The molecular weight excluding hydrogens is 304 g/mol. The molecule has 24 heavy (non-hydrogen) atoms. The van der Waals surface area contributed by atoms with E-state index in [2.05, 4.69) is 46.4 Å². The quantitative estimate of drug-likeness (QED) is 0.904. The summed E-state index contributed by atoms with van der Waals surface area (Å²) in [4.78, 5) is 18.5. The van der Waals surface area contributed by atoms with Crippen molar-refractivity contribution in [3.05, 3.63) is 58.6 Å². The Labute approximate surface area is 142 Å². The standard InChI is InChI=1S/C18H24N4O2/c1-14(15-6-4-3-5-7-15)22-10-11-24-16(13-22)12-20-17-18(23)21(2)9-8-19-17/h3-9,14,16H,10-13H2,1-2H3,(H,19,20)/t14-,16+/m1/s1. The summed E-state index contributed by atoms with van der Waals surface area (Å²) in [5, 5.41) is 3.13. The van der Waals surface area contributed by atoms with Gasteiger partial charge in [0.25, 0.3) is 5.56 Å². The molecule has 2 atom stereocenters. The van der Waals surface area contributed by atoms with E-state index in [0.717, 1.165) is 13.1 Å². The number of nitrogens with zero attached hydrogens (tertiary/aromatic N) is 3. The van der Waals surface area contributed by atoms with Crippen LogP contribution in [0.25, 0.3) is 0 Å². The van der Waals surface area contributed by atoms with Gasteiger partial charge in [0.1, 0.15) is 0 Å². The van der Waals surface area contributed by atoms with Crippen molar-refractivity contribution in [3.63, 3.8) is 0 Å². The van der Waals surface area contributed by atoms with Gasteiger partial charge in [-0.2, -0.15) is 0 Å². The maximum absolute atomic E-state index is 12.0. The van der Waals surface area contributed by atoms with Crippen LogP contribution in [-0.4, -0.2) is 46.8 Å². The minimum absolute atomic E-state index is 0.0385. The molecule has 1 aliphatic rings. The smallest absolute Gasteiger partial charge is 0.293 e. The maximum Gasteiger partial charge on any atom is 0.293 e. The lowest BCUT2D eigenvalue weighted by molar-refractivity contribution is -0.0346. The molecule has 128 valence electrons. The summed E-state index contributed by atoms with van der Waals surface area (Å²) in [6.45, 7) is 5.24. The molecule has 6 heteroatoms. The molecule has 1 N–H and O–H groups in total. The Morgan fingerprint density at radius 3 is 2.96 bits per heavy atom. The highest BCUT2D eigenvalue weighted by atomic mass is 16.5. The second kappa shape index (κ2) is 7.59. The Morgan fingerprint density at radius 2 is 2.17 bits per heavy atom. The Hall–Kier alpha value is -2.18. The molecule has 2 heterocycles. The molecular formula is C18H24N4O2. The molecule has 0 saturated carbocycles. The largest absolute Gasteiger partial charge is 0.374 e. The van der Waals surface area contributed by atoms with Crippen LogP contribution in [0.4, 0.5) is 5.82 Å². The maximum atomic E-state index is 12.0. The number of hydrogen-bond acceptors (Lipinski definition) is 5. The van der Waals surface area contributed by atoms with Crippen LogP contribution in [0.5, 0.6) is 0 Å². The lowest BCUT2D eigenvalue weighted by Gasteiger charge is -2.37. The Bertz CT molecular complexity index is 716. The van der Waals surface area contributed by atoms with Gasteiger partial charge in [0.15, 0.2) is 5.82 Å². The van der Waals surface area contributed by atoms with Crippen LogP contribution in [0.3, 0.4) is 0 Å². The average molecular weight is 328 g/mol. The number of aromatic nitrogens is 2. The lowest BCUT2D eigenvalue weighted by atomic mass is 10.1. The number of nitrogens with one attached hydrogen (secondary N) is 1. The molecule has 1 saturated heterocycles. The zero-order valence-corrected chi connectivity index (χ0v) is 14.2. The SMILES string of the molecule is C[C@H](c1ccccc1)N1CCO[C@@H](CNc2nccn(C)c2=O)C1. The van der Waals surface area contributed by atoms with E-state index < -0.39 is 0 Å². The molecule has 1 aromatic carbocycles. The van der Waals surface area contributed by atoms with Crippen molar-refractivity contribution in [2.24, 2.45) is 7.05 Å². The van der Waals surface area contributed by atoms with Gasteiger partial charge in [-0.15, -0.1) is 0 Å². The highest BCUT2D eigenvalue weighted by molar-refractivity contribution is 5.30. The number of rotatable bonds is 5. The van der Waals surface area contributed by atoms with Gasteiger partial charge < -0.3 is 14.6 Å². The number of hydrogen-bond donors (Lipinski definition) is 1. The van der Waals surface area contributed by atoms with Crippen molar-refractivity contribution >= 4 is 5.82 Å². The van der Waals surface area contributed by atoms with Gasteiger partial charge >= 0.3 is 0 Å². The highest BCUT2D eigenvalue weighted by Crippen LogP contribution is 2.22. The average Bonchev–Trinajstić information content (AvgIpc) is 2.63. The molecule has 1 fully saturated rings. The fourth-order valence-corrected chi connectivity index (χ4v) is 2.99. The van der Waals surface area contributed by atoms with E-state index in [9.17, 15) is 4.79 Å². The van der Waals surface area contributed by atoms with Gasteiger partial charge in [0, 0.05) is 45.1 Å². The Morgan fingerprint density at radius 1 is 1.38 bits per heavy atom. The predicted octanol–water partition coefficient (Wildman–Crippen LogP) is 1.65. The molecule has 6 nitrogen and oxygen atoms in total. The van der Waals surface area contributed by atoms with Crippen LogP contribution < -0.4 is 10.9 Å². The molecule has 0 amide bonds. The number of morpholine rings is 1. The summed E-state index contributed by atoms with van der Waals surface area (Å²) in [7, 11) is 1.72. The van der Waals surface area contributed by atoms with Gasteiger partial charge in [-0.25, -0.2) is 4.98 Å². The lowest BCUT2D eigenvalue weighted by Crippen LogP contribution is -2.46. The summed E-state index contributed by atoms with van der Waals surface area (Å²) in [5.74, 6) is 0.372. The predicted molar refractivity (Wildman–Crippen MR) is 94.1 cm³/mol. The molecule has 0 radical (unpaired) electrons. The van der Waals surface area contributed by atoms with Crippen LogP contribution in [0, 0.1) is 0 Å². The van der Waals surface area contributed by atoms with Crippen molar-refractivity contribution in [3.8, 4) is 0 Å². The third-order valence-corrected chi connectivity index (χ3v) is 4.51. The van der Waals surface area contributed by atoms with Crippen molar-refractivity contribution < 1.29 is 4.74 Å². The van der Waals surface area contributed by atoms with Crippen molar-refractivity contribution in [1.82, 2.24) is 14.5 Å². The fourth-order valence-electron chi connectivity index (χ4n) is 2.99. The molecule has 0 aliphatic carbocycles. The van der Waals surface area contributed by atoms with Crippen LogP contribution in [0.1, 0.15) is 18.5 Å². The van der Waals surface area contributed by atoms with E-state index in [0.29, 0.717) is 25.0 Å². The minimum Gasteiger partial charge on any atom is -0.374 e. The van der Waals surface area contributed by atoms with Gasteiger partial charge in [0.05, 0.1) is 12.7 Å². The normalized spacial score (nSPS) is 19.8. The number of aryl methyl sites for hydroxylation is 1. The van der Waals surface area contributed by atoms with Crippen molar-refractivity contribution in [1.29, 1.82) is 0 Å². The van der Waals surface area contributed by atoms with E-state index in [1.165, 1.54) is 10.1 Å². The van der Waals surface area contributed by atoms with Crippen LogP contribution >= 0.6 is 0 Å². The summed E-state index contributed by atoms with van der Waals surface area (Å²) in [6.07, 6.45) is 3.31. The minimum atomic E-state index is -0.122. The Balaban J connectivity index is 1.59. The van der Waals surface area contributed by atoms with Gasteiger partial charge in [-0.3, -0.25) is 9.69 Å². The van der Waals surface area contributed by atoms with Gasteiger partial charge in [0.2, 0.25) is 0 Å². The molecule has 0 spiro atoms. The monoisotopic (exact) mass is 328 g/mol. The van der Waals surface area contributed by atoms with Crippen LogP contribution in [0.15, 0.2) is 47.5 Å². The van der Waals surface area contributed by atoms with E-state index in [-0.39, 0.29) is 11.7 Å². The first-order chi connectivity index (χ1) is 11.6. The van der Waals surface area contributed by atoms with E-state index in [1.807, 2.05) is 6.07 Å². The second-order valence-corrected chi connectivity index (χ2v) is 6.15. The molecule has 0 unspecified atom stereocenters. The second-order valence-electron chi connectivity index (χ2n) is 6.15. The van der Waals surface area contributed by atoms with Gasteiger partial charge in [-0.1, -0.05) is 30.3 Å². The van der Waals surface area contributed by atoms with Crippen molar-refractivity contribution in [2.75, 3.05) is 31.6 Å². The molecule has 3 rings (SSSR count). The number of ether oxygens (including phenoxy) is 1. The first kappa shape index (κ1) is 16.7. The zero-order valence-electron chi connectivity index (χ0n) is 14.2. The van der Waals surface area contributed by atoms with Crippen molar-refractivity contribution in [2.45, 2.75) is 19.1 Å². The zero-order chi connectivity index (χ0) is 16.9. The topological polar surface area (TPSA) is 59.4 Å². The molecule has 1 aromatic heterocycles. The third kappa shape index (κ3) is 3.83. The number of benzene rings is 1. The first-order valence-electron chi connectivity index (χ1n) is 8.31. The summed E-state index contributed by atoms with van der Waals surface area (Å²) in [6, 6.07) is 10.8. The van der Waals surface area contributed by atoms with Gasteiger partial charge in [-0.05, 0) is 12.5 Å². The first-order valence-corrected chi connectivity index (χ1v) is 8.31. The summed E-state index contributed by atoms with van der Waals surface area (Å²) >= 11 is 0. The highest BCUT2D eigenvalue weighted by Gasteiger charge is 2.25. The fraction of sp³-hybridized carbons (Fsp3) is 0.444. The number of anilines is 1.